The quantitative estimate of drug-likeness (QED) is 0.665. The van der Waals surface area contributed by atoms with Crippen molar-refractivity contribution in [1.29, 1.82) is 0 Å². The second-order valence-electron chi connectivity index (χ2n) is 4.74. The summed E-state index contributed by atoms with van der Waals surface area (Å²) in [6, 6.07) is 1.85. The maximum absolute atomic E-state index is 5.53. The first kappa shape index (κ1) is 16.1. The Labute approximate surface area is 120 Å². The normalized spacial score (nSPS) is 10.7. The fraction of sp³-hybridized carbons (Fsp3) is 0.714. The van der Waals surface area contributed by atoms with Crippen LogP contribution < -0.4 is 10.1 Å². The van der Waals surface area contributed by atoms with Crippen molar-refractivity contribution in [3.8, 4) is 5.88 Å². The summed E-state index contributed by atoms with van der Waals surface area (Å²) in [6.45, 7) is 4.94. The first-order chi connectivity index (χ1) is 9.22. The van der Waals surface area contributed by atoms with Crippen molar-refractivity contribution in [2.45, 2.75) is 45.6 Å². The second-order valence-corrected chi connectivity index (χ2v) is 5.73. The highest BCUT2D eigenvalue weighted by molar-refractivity contribution is 7.98. The average molecular weight is 283 g/mol. The Hall–Kier alpha value is -0.970. The smallest absolute Gasteiger partial charge is 0.218 e. The van der Waals surface area contributed by atoms with Crippen molar-refractivity contribution < 1.29 is 4.74 Å². The maximum Gasteiger partial charge on any atom is 0.218 e. The van der Waals surface area contributed by atoms with Crippen molar-refractivity contribution in [3.63, 3.8) is 0 Å². The minimum atomic E-state index is 0.138. The Morgan fingerprint density at radius 3 is 2.74 bits per heavy atom. The van der Waals surface area contributed by atoms with Crippen LogP contribution in [0.15, 0.2) is 12.4 Å². The van der Waals surface area contributed by atoms with E-state index in [9.17, 15) is 0 Å². The van der Waals surface area contributed by atoms with Gasteiger partial charge in [0.15, 0.2) is 0 Å². The van der Waals surface area contributed by atoms with Crippen molar-refractivity contribution in [2.75, 3.05) is 23.9 Å². The molecule has 1 heterocycles. The van der Waals surface area contributed by atoms with Crippen LogP contribution in [0.1, 0.15) is 39.5 Å². The summed E-state index contributed by atoms with van der Waals surface area (Å²) >= 11 is 1.92. The van der Waals surface area contributed by atoms with Crippen LogP contribution in [0.3, 0.4) is 0 Å². The monoisotopic (exact) mass is 283 g/mol. The number of unbranched alkanes of at least 4 members (excludes halogenated alkanes) is 3. The molecule has 0 atom stereocenters. The lowest BCUT2D eigenvalue weighted by atomic mass is 10.2. The molecule has 0 aliphatic rings. The van der Waals surface area contributed by atoms with Gasteiger partial charge in [-0.15, -0.1) is 0 Å². The summed E-state index contributed by atoms with van der Waals surface area (Å²) in [6.07, 6.45) is 8.92. The molecule has 0 unspecified atom stereocenters. The SMILES string of the molecule is CSCCCCCCNc1cc(OC(C)C)ncn1. The van der Waals surface area contributed by atoms with Gasteiger partial charge < -0.3 is 10.1 Å². The molecule has 108 valence electrons. The lowest BCUT2D eigenvalue weighted by Gasteiger charge is -2.10. The summed E-state index contributed by atoms with van der Waals surface area (Å²) < 4.78 is 5.53. The first-order valence-corrected chi connectivity index (χ1v) is 8.33. The van der Waals surface area contributed by atoms with Gasteiger partial charge in [0, 0.05) is 12.6 Å². The topological polar surface area (TPSA) is 47.0 Å². The average Bonchev–Trinajstić information content (AvgIpc) is 2.37. The van der Waals surface area contributed by atoms with Gasteiger partial charge in [-0.2, -0.15) is 11.8 Å². The number of hydrogen-bond acceptors (Lipinski definition) is 5. The van der Waals surface area contributed by atoms with Crippen LogP contribution in [0.2, 0.25) is 0 Å². The van der Waals surface area contributed by atoms with Gasteiger partial charge in [0.25, 0.3) is 0 Å². The van der Waals surface area contributed by atoms with Crippen LogP contribution in [0, 0.1) is 0 Å². The number of anilines is 1. The third kappa shape index (κ3) is 7.93. The Bertz CT molecular complexity index is 347. The molecule has 0 bridgehead atoms. The van der Waals surface area contributed by atoms with E-state index in [1.807, 2.05) is 31.7 Å². The number of thioether (sulfide) groups is 1. The van der Waals surface area contributed by atoms with E-state index in [-0.39, 0.29) is 6.10 Å². The molecule has 5 heteroatoms. The van der Waals surface area contributed by atoms with E-state index < -0.39 is 0 Å². The van der Waals surface area contributed by atoms with E-state index in [4.69, 9.17) is 4.74 Å². The minimum absolute atomic E-state index is 0.138. The van der Waals surface area contributed by atoms with Crippen LogP contribution in [0.25, 0.3) is 0 Å². The van der Waals surface area contributed by atoms with E-state index in [0.29, 0.717) is 5.88 Å². The molecule has 0 aliphatic carbocycles. The fourth-order valence-corrected chi connectivity index (χ4v) is 2.18. The maximum atomic E-state index is 5.53. The first-order valence-electron chi connectivity index (χ1n) is 6.94. The number of aromatic nitrogens is 2. The van der Waals surface area contributed by atoms with Crippen LogP contribution in [0.4, 0.5) is 5.82 Å². The van der Waals surface area contributed by atoms with E-state index in [2.05, 4.69) is 21.5 Å². The van der Waals surface area contributed by atoms with Gasteiger partial charge >= 0.3 is 0 Å². The molecule has 4 nitrogen and oxygen atoms in total. The summed E-state index contributed by atoms with van der Waals surface area (Å²) in [5.74, 6) is 2.75. The largest absolute Gasteiger partial charge is 0.475 e. The molecule has 0 spiro atoms. The molecular formula is C14H25N3OS. The molecule has 1 aromatic heterocycles. The zero-order valence-corrected chi connectivity index (χ0v) is 13.0. The molecule has 1 aromatic rings. The van der Waals surface area contributed by atoms with Crippen LogP contribution in [-0.4, -0.2) is 34.6 Å². The van der Waals surface area contributed by atoms with Crippen molar-refractivity contribution in [3.05, 3.63) is 12.4 Å². The molecule has 0 fully saturated rings. The molecule has 0 radical (unpaired) electrons. The Balaban J connectivity index is 2.18. The standard InChI is InChI=1S/C14H25N3OS/c1-12(2)18-14-10-13(16-11-17-14)15-8-6-4-5-7-9-19-3/h10-12H,4-9H2,1-3H3,(H,15,16,17). The van der Waals surface area contributed by atoms with Crippen molar-refractivity contribution >= 4 is 17.6 Å². The molecule has 0 saturated carbocycles. The predicted molar refractivity (Wildman–Crippen MR) is 83.1 cm³/mol. The fourth-order valence-electron chi connectivity index (χ4n) is 1.68. The van der Waals surface area contributed by atoms with Crippen molar-refractivity contribution in [2.24, 2.45) is 0 Å². The number of nitrogens with zero attached hydrogens (tertiary/aromatic N) is 2. The van der Waals surface area contributed by atoms with Gasteiger partial charge in [-0.05, 0) is 38.7 Å². The lowest BCUT2D eigenvalue weighted by Crippen LogP contribution is -2.08. The lowest BCUT2D eigenvalue weighted by molar-refractivity contribution is 0.232. The number of rotatable bonds is 10. The molecule has 1 rings (SSSR count). The molecule has 1 N–H and O–H groups in total. The predicted octanol–water partition coefficient (Wildman–Crippen LogP) is 3.60. The molecular weight excluding hydrogens is 258 g/mol. The third-order valence-corrected chi connectivity index (χ3v) is 3.28. The summed E-state index contributed by atoms with van der Waals surface area (Å²) in [5, 5.41) is 3.31. The zero-order valence-electron chi connectivity index (χ0n) is 12.2. The molecule has 0 aliphatic heterocycles. The highest BCUT2D eigenvalue weighted by Gasteiger charge is 2.01. The van der Waals surface area contributed by atoms with E-state index >= 15 is 0 Å². The molecule has 0 saturated heterocycles. The van der Waals surface area contributed by atoms with Crippen LogP contribution in [-0.2, 0) is 0 Å². The molecule has 0 amide bonds. The van der Waals surface area contributed by atoms with Crippen LogP contribution in [0.5, 0.6) is 5.88 Å². The zero-order chi connectivity index (χ0) is 13.9. The van der Waals surface area contributed by atoms with Gasteiger partial charge in [0.2, 0.25) is 5.88 Å². The van der Waals surface area contributed by atoms with Crippen LogP contribution >= 0.6 is 11.8 Å². The highest BCUT2D eigenvalue weighted by Crippen LogP contribution is 2.12. The Morgan fingerprint density at radius 2 is 2.00 bits per heavy atom. The van der Waals surface area contributed by atoms with Gasteiger partial charge in [-0.25, -0.2) is 9.97 Å². The van der Waals surface area contributed by atoms with Gasteiger partial charge in [-0.1, -0.05) is 12.8 Å². The van der Waals surface area contributed by atoms with E-state index in [1.54, 1.807) is 6.33 Å². The molecule has 0 aromatic carbocycles. The second kappa shape index (κ2) is 9.89. The summed E-state index contributed by atoms with van der Waals surface area (Å²) in [4.78, 5) is 8.27. The number of hydrogen-bond donors (Lipinski definition) is 1. The van der Waals surface area contributed by atoms with Gasteiger partial charge in [-0.3, -0.25) is 0 Å². The summed E-state index contributed by atoms with van der Waals surface area (Å²) in [5.41, 5.74) is 0. The third-order valence-electron chi connectivity index (χ3n) is 2.58. The van der Waals surface area contributed by atoms with E-state index in [1.165, 1.54) is 31.4 Å². The van der Waals surface area contributed by atoms with Crippen molar-refractivity contribution in [1.82, 2.24) is 9.97 Å². The summed E-state index contributed by atoms with van der Waals surface area (Å²) in [7, 11) is 0. The van der Waals surface area contributed by atoms with E-state index in [0.717, 1.165) is 12.4 Å². The number of nitrogens with one attached hydrogen (secondary N) is 1. The van der Waals surface area contributed by atoms with Gasteiger partial charge in [0.1, 0.15) is 12.1 Å². The molecule has 19 heavy (non-hydrogen) atoms. The number of ether oxygens (including phenoxy) is 1. The highest BCUT2D eigenvalue weighted by atomic mass is 32.2. The Kier molecular flexibility index (Phi) is 8.38. The Morgan fingerprint density at radius 1 is 1.21 bits per heavy atom. The van der Waals surface area contributed by atoms with Gasteiger partial charge in [0.05, 0.1) is 6.10 Å². The minimum Gasteiger partial charge on any atom is -0.475 e.